The summed E-state index contributed by atoms with van der Waals surface area (Å²) in [5.41, 5.74) is 0. The van der Waals surface area contributed by atoms with Gasteiger partial charge >= 0.3 is 0 Å². The van der Waals surface area contributed by atoms with Crippen LogP contribution in [0.3, 0.4) is 0 Å². The molecule has 1 atom stereocenters. The highest BCUT2D eigenvalue weighted by Gasteiger charge is 2.19. The van der Waals surface area contributed by atoms with Crippen molar-refractivity contribution < 1.29 is 4.79 Å². The summed E-state index contributed by atoms with van der Waals surface area (Å²) in [6.45, 7) is 7.60. The molecule has 0 aliphatic carbocycles. The number of hydrogen-bond donors (Lipinski definition) is 1. The van der Waals surface area contributed by atoms with Gasteiger partial charge in [0.05, 0.1) is 6.54 Å². The third-order valence-corrected chi connectivity index (χ3v) is 3.42. The van der Waals surface area contributed by atoms with Crippen LogP contribution in [0.25, 0.3) is 0 Å². The van der Waals surface area contributed by atoms with Crippen LogP contribution in [-0.2, 0) is 4.79 Å². The second-order valence-electron chi connectivity index (χ2n) is 4.75. The molecule has 0 spiro atoms. The number of amides is 1. The van der Waals surface area contributed by atoms with E-state index in [1.165, 1.54) is 32.1 Å². The number of carbonyl (C=O) groups excluding carboxylic acids is 1. The molecule has 0 bridgehead atoms. The SMILES string of the molecule is CCCC1CCCN(C(=O)CNCC)CC1. The molecule has 1 aliphatic rings. The highest BCUT2D eigenvalue weighted by Crippen LogP contribution is 2.21. The fourth-order valence-electron chi connectivity index (χ4n) is 2.46. The van der Waals surface area contributed by atoms with E-state index in [0.29, 0.717) is 6.54 Å². The molecular weight excluding hydrogens is 200 g/mol. The summed E-state index contributed by atoms with van der Waals surface area (Å²) in [5.74, 6) is 1.13. The van der Waals surface area contributed by atoms with Gasteiger partial charge in [-0.25, -0.2) is 0 Å². The summed E-state index contributed by atoms with van der Waals surface area (Å²) in [6, 6.07) is 0. The predicted octanol–water partition coefficient (Wildman–Crippen LogP) is 2.02. The number of likely N-dealkylation sites (tertiary alicyclic amines) is 1. The highest BCUT2D eigenvalue weighted by molar-refractivity contribution is 5.78. The first-order valence-electron chi connectivity index (χ1n) is 6.76. The van der Waals surface area contributed by atoms with Crippen molar-refractivity contribution in [3.05, 3.63) is 0 Å². The van der Waals surface area contributed by atoms with Gasteiger partial charge in [-0.2, -0.15) is 0 Å². The summed E-state index contributed by atoms with van der Waals surface area (Å²) >= 11 is 0. The molecule has 1 amide bonds. The zero-order valence-electron chi connectivity index (χ0n) is 10.8. The van der Waals surface area contributed by atoms with Crippen molar-refractivity contribution in [1.82, 2.24) is 10.2 Å². The number of nitrogens with zero attached hydrogens (tertiary/aromatic N) is 1. The molecule has 0 saturated carbocycles. The minimum absolute atomic E-state index is 0.277. The molecule has 1 unspecified atom stereocenters. The van der Waals surface area contributed by atoms with Crippen LogP contribution in [0.1, 0.15) is 46.0 Å². The molecule has 0 radical (unpaired) electrons. The second kappa shape index (κ2) is 7.66. The van der Waals surface area contributed by atoms with Crippen molar-refractivity contribution in [1.29, 1.82) is 0 Å². The van der Waals surface area contributed by atoms with Crippen LogP contribution in [0.4, 0.5) is 0 Å². The maximum Gasteiger partial charge on any atom is 0.236 e. The van der Waals surface area contributed by atoms with Gasteiger partial charge in [-0.3, -0.25) is 4.79 Å². The fraction of sp³-hybridized carbons (Fsp3) is 0.923. The molecule has 3 nitrogen and oxygen atoms in total. The van der Waals surface area contributed by atoms with Crippen LogP contribution in [0.5, 0.6) is 0 Å². The zero-order valence-corrected chi connectivity index (χ0v) is 10.8. The van der Waals surface area contributed by atoms with Gasteiger partial charge in [-0.15, -0.1) is 0 Å². The Morgan fingerprint density at radius 1 is 1.31 bits per heavy atom. The molecule has 0 aromatic rings. The van der Waals surface area contributed by atoms with Crippen molar-refractivity contribution in [2.45, 2.75) is 46.0 Å². The van der Waals surface area contributed by atoms with Gasteiger partial charge in [0.25, 0.3) is 0 Å². The number of rotatable bonds is 5. The van der Waals surface area contributed by atoms with E-state index in [1.54, 1.807) is 0 Å². The van der Waals surface area contributed by atoms with E-state index in [1.807, 2.05) is 11.8 Å². The Hall–Kier alpha value is -0.570. The van der Waals surface area contributed by atoms with Crippen LogP contribution in [0, 0.1) is 5.92 Å². The normalized spacial score (nSPS) is 21.9. The van der Waals surface area contributed by atoms with E-state index in [2.05, 4.69) is 12.2 Å². The quantitative estimate of drug-likeness (QED) is 0.778. The first-order chi connectivity index (χ1) is 7.77. The molecule has 1 heterocycles. The number of carbonyl (C=O) groups is 1. The topological polar surface area (TPSA) is 32.3 Å². The third kappa shape index (κ3) is 4.52. The van der Waals surface area contributed by atoms with Gasteiger partial charge in [0.15, 0.2) is 0 Å². The molecule has 1 rings (SSSR count). The maximum atomic E-state index is 11.8. The Kier molecular flexibility index (Phi) is 6.46. The maximum absolute atomic E-state index is 11.8. The van der Waals surface area contributed by atoms with E-state index in [0.717, 1.165) is 25.6 Å². The van der Waals surface area contributed by atoms with Gasteiger partial charge in [0, 0.05) is 13.1 Å². The van der Waals surface area contributed by atoms with Gasteiger partial charge < -0.3 is 10.2 Å². The molecule has 16 heavy (non-hydrogen) atoms. The van der Waals surface area contributed by atoms with E-state index in [-0.39, 0.29) is 5.91 Å². The molecule has 1 N–H and O–H groups in total. The molecule has 1 saturated heterocycles. The summed E-state index contributed by atoms with van der Waals surface area (Å²) in [6.07, 6.45) is 6.29. The fourth-order valence-corrected chi connectivity index (χ4v) is 2.46. The first kappa shape index (κ1) is 13.5. The van der Waals surface area contributed by atoms with Crippen molar-refractivity contribution in [3.8, 4) is 0 Å². The van der Waals surface area contributed by atoms with E-state index >= 15 is 0 Å². The van der Waals surface area contributed by atoms with E-state index in [4.69, 9.17) is 0 Å². The van der Waals surface area contributed by atoms with Crippen LogP contribution in [0.15, 0.2) is 0 Å². The molecule has 0 aromatic heterocycles. The standard InChI is InChI=1S/C13H26N2O/c1-3-6-12-7-5-9-15(10-8-12)13(16)11-14-4-2/h12,14H,3-11H2,1-2H3. The van der Waals surface area contributed by atoms with Crippen molar-refractivity contribution >= 4 is 5.91 Å². The largest absolute Gasteiger partial charge is 0.342 e. The average Bonchev–Trinajstić information content (AvgIpc) is 2.52. The summed E-state index contributed by atoms with van der Waals surface area (Å²) < 4.78 is 0. The van der Waals surface area contributed by atoms with E-state index < -0.39 is 0 Å². The van der Waals surface area contributed by atoms with Crippen molar-refractivity contribution in [2.75, 3.05) is 26.2 Å². The third-order valence-electron chi connectivity index (χ3n) is 3.42. The number of likely N-dealkylation sites (N-methyl/N-ethyl adjacent to an activating group) is 1. The Labute approximate surface area is 99.6 Å². The lowest BCUT2D eigenvalue weighted by atomic mass is 9.96. The Balaban J connectivity index is 2.31. The van der Waals surface area contributed by atoms with Crippen LogP contribution < -0.4 is 5.32 Å². The lowest BCUT2D eigenvalue weighted by molar-refractivity contribution is -0.130. The average molecular weight is 226 g/mol. The first-order valence-corrected chi connectivity index (χ1v) is 6.76. The molecular formula is C13H26N2O. The monoisotopic (exact) mass is 226 g/mol. The van der Waals surface area contributed by atoms with Crippen LogP contribution >= 0.6 is 0 Å². The van der Waals surface area contributed by atoms with Gasteiger partial charge in [0.1, 0.15) is 0 Å². The zero-order chi connectivity index (χ0) is 11.8. The lowest BCUT2D eigenvalue weighted by Crippen LogP contribution is -2.38. The number of hydrogen-bond acceptors (Lipinski definition) is 2. The predicted molar refractivity (Wildman–Crippen MR) is 67.4 cm³/mol. The minimum Gasteiger partial charge on any atom is -0.342 e. The van der Waals surface area contributed by atoms with Crippen molar-refractivity contribution in [3.63, 3.8) is 0 Å². The smallest absolute Gasteiger partial charge is 0.236 e. The lowest BCUT2D eigenvalue weighted by Gasteiger charge is -2.20. The van der Waals surface area contributed by atoms with Gasteiger partial charge in [-0.1, -0.05) is 26.7 Å². The molecule has 0 aromatic carbocycles. The molecule has 94 valence electrons. The molecule has 1 fully saturated rings. The minimum atomic E-state index is 0.277. The second-order valence-corrected chi connectivity index (χ2v) is 4.75. The molecule has 3 heteroatoms. The highest BCUT2D eigenvalue weighted by atomic mass is 16.2. The Morgan fingerprint density at radius 2 is 2.12 bits per heavy atom. The summed E-state index contributed by atoms with van der Waals surface area (Å²) in [5, 5.41) is 3.11. The number of nitrogens with one attached hydrogen (secondary N) is 1. The van der Waals surface area contributed by atoms with Gasteiger partial charge in [-0.05, 0) is 31.7 Å². The summed E-state index contributed by atoms with van der Waals surface area (Å²) in [7, 11) is 0. The van der Waals surface area contributed by atoms with Gasteiger partial charge in [0.2, 0.25) is 5.91 Å². The van der Waals surface area contributed by atoms with Crippen LogP contribution in [0.2, 0.25) is 0 Å². The van der Waals surface area contributed by atoms with Crippen LogP contribution in [-0.4, -0.2) is 37.0 Å². The Bertz CT molecular complexity index is 206. The Morgan fingerprint density at radius 3 is 2.81 bits per heavy atom. The van der Waals surface area contributed by atoms with E-state index in [9.17, 15) is 4.79 Å². The van der Waals surface area contributed by atoms with Crippen molar-refractivity contribution in [2.24, 2.45) is 5.92 Å². The molecule has 1 aliphatic heterocycles. The summed E-state index contributed by atoms with van der Waals surface area (Å²) in [4.78, 5) is 13.9.